The summed E-state index contributed by atoms with van der Waals surface area (Å²) in [5.74, 6) is -0.0157. The second-order valence-corrected chi connectivity index (χ2v) is 7.74. The van der Waals surface area contributed by atoms with Crippen molar-refractivity contribution in [2.45, 2.75) is 13.5 Å². The summed E-state index contributed by atoms with van der Waals surface area (Å²) < 4.78 is 24.9. The van der Waals surface area contributed by atoms with Crippen molar-refractivity contribution in [1.29, 1.82) is 5.26 Å². The van der Waals surface area contributed by atoms with Crippen LogP contribution in [0.25, 0.3) is 0 Å². The molecule has 0 radical (unpaired) electrons. The molecule has 0 aliphatic carbocycles. The summed E-state index contributed by atoms with van der Waals surface area (Å²) in [6.45, 7) is 2.09. The Hall–Kier alpha value is -3.90. The molecule has 0 aromatic heterocycles. The fraction of sp³-hybridized carbons (Fsp3) is 0.160. The number of nitrogens with one attached hydrogen (secondary N) is 1. The van der Waals surface area contributed by atoms with Gasteiger partial charge in [0, 0.05) is 16.8 Å². The smallest absolute Gasteiger partial charge is 0.262 e. The molecule has 0 spiro atoms. The van der Waals surface area contributed by atoms with E-state index < -0.39 is 5.91 Å². The molecule has 0 aliphatic rings. The van der Waals surface area contributed by atoms with E-state index in [1.54, 1.807) is 30.3 Å². The Bertz CT molecular complexity index is 1210. The van der Waals surface area contributed by atoms with Gasteiger partial charge in [-0.1, -0.05) is 23.4 Å². The van der Waals surface area contributed by atoms with Crippen LogP contribution < -0.4 is 14.8 Å². The Morgan fingerprint density at radius 1 is 1.18 bits per heavy atom. The molecule has 0 aliphatic heterocycles. The van der Waals surface area contributed by atoms with Crippen LogP contribution >= 0.6 is 15.9 Å². The summed E-state index contributed by atoms with van der Waals surface area (Å²) >= 11 is 3.44. The fourth-order valence-electron chi connectivity index (χ4n) is 2.89. The van der Waals surface area contributed by atoms with E-state index in [1.165, 1.54) is 30.5 Å². The Labute approximate surface area is 204 Å². The number of benzene rings is 3. The minimum Gasteiger partial charge on any atom is -0.490 e. The maximum Gasteiger partial charge on any atom is 0.262 e. The van der Waals surface area contributed by atoms with Gasteiger partial charge in [-0.25, -0.2) is 4.39 Å². The zero-order valence-electron chi connectivity index (χ0n) is 18.3. The highest BCUT2D eigenvalue weighted by molar-refractivity contribution is 9.10. The lowest BCUT2D eigenvalue weighted by Gasteiger charge is -2.14. The second-order valence-electron chi connectivity index (χ2n) is 6.88. The molecule has 3 rings (SSSR count). The third kappa shape index (κ3) is 7.05. The van der Waals surface area contributed by atoms with Crippen LogP contribution in [0.3, 0.4) is 0 Å². The number of rotatable bonds is 10. The number of hydrogen-bond donors (Lipinski definition) is 1. The first-order chi connectivity index (χ1) is 16.5. The van der Waals surface area contributed by atoms with Gasteiger partial charge < -0.3 is 19.6 Å². The van der Waals surface area contributed by atoms with Gasteiger partial charge >= 0.3 is 0 Å². The molecule has 1 N–H and O–H groups in total. The van der Waals surface area contributed by atoms with E-state index in [-0.39, 0.29) is 19.0 Å². The van der Waals surface area contributed by atoms with Crippen LogP contribution in [0.15, 0.2) is 70.3 Å². The van der Waals surface area contributed by atoms with E-state index in [0.29, 0.717) is 39.4 Å². The Kier molecular flexibility index (Phi) is 9.00. The van der Waals surface area contributed by atoms with Crippen molar-refractivity contribution in [2.24, 2.45) is 5.16 Å². The number of carbonyl (C=O) groups is 1. The summed E-state index contributed by atoms with van der Waals surface area (Å²) in [5.41, 5.74) is 2.40. The molecule has 34 heavy (non-hydrogen) atoms. The lowest BCUT2D eigenvalue weighted by molar-refractivity contribution is -0.118. The summed E-state index contributed by atoms with van der Waals surface area (Å²) in [5, 5.41) is 15.7. The van der Waals surface area contributed by atoms with Crippen molar-refractivity contribution >= 4 is 33.7 Å². The van der Waals surface area contributed by atoms with E-state index in [0.717, 1.165) is 5.56 Å². The molecule has 0 bridgehead atoms. The maximum atomic E-state index is 13.0. The van der Waals surface area contributed by atoms with Crippen LogP contribution in [0.1, 0.15) is 23.6 Å². The summed E-state index contributed by atoms with van der Waals surface area (Å²) in [6, 6.07) is 18.1. The SMILES string of the molecule is CCOc1cc(/C=N\OCc2ccccc2C#N)cc(Br)c1OCC(=O)Nc1ccc(F)cc1. The summed E-state index contributed by atoms with van der Waals surface area (Å²) in [7, 11) is 0. The van der Waals surface area contributed by atoms with Crippen LogP contribution in [-0.4, -0.2) is 25.3 Å². The fourth-order valence-corrected chi connectivity index (χ4v) is 3.47. The molecular weight excluding hydrogens is 505 g/mol. The van der Waals surface area contributed by atoms with E-state index in [1.807, 2.05) is 13.0 Å². The molecule has 174 valence electrons. The average molecular weight is 526 g/mol. The first-order valence-corrected chi connectivity index (χ1v) is 11.1. The van der Waals surface area contributed by atoms with E-state index in [2.05, 4.69) is 32.5 Å². The topological polar surface area (TPSA) is 92.9 Å². The number of nitriles is 1. The molecule has 0 saturated heterocycles. The Morgan fingerprint density at radius 3 is 2.68 bits per heavy atom. The highest BCUT2D eigenvalue weighted by Crippen LogP contribution is 2.36. The van der Waals surface area contributed by atoms with Gasteiger partial charge in [-0.2, -0.15) is 5.26 Å². The highest BCUT2D eigenvalue weighted by Gasteiger charge is 2.14. The second kappa shape index (κ2) is 12.4. The Balaban J connectivity index is 1.63. The standard InChI is InChI=1S/C25H21BrFN3O4/c1-2-32-23-12-17(14-29-34-15-19-6-4-3-5-18(19)13-28)11-22(26)25(23)33-16-24(31)30-21-9-7-20(27)8-10-21/h3-12,14H,2,15-16H2,1H3,(H,30,31)/b29-14-. The predicted octanol–water partition coefficient (Wildman–Crippen LogP) is 5.43. The van der Waals surface area contributed by atoms with E-state index in [9.17, 15) is 9.18 Å². The monoisotopic (exact) mass is 525 g/mol. The lowest BCUT2D eigenvalue weighted by Crippen LogP contribution is -2.20. The van der Waals surface area contributed by atoms with Crippen LogP contribution in [-0.2, 0) is 16.2 Å². The predicted molar refractivity (Wildman–Crippen MR) is 129 cm³/mol. The van der Waals surface area contributed by atoms with Gasteiger partial charge in [0.15, 0.2) is 18.1 Å². The summed E-state index contributed by atoms with van der Waals surface area (Å²) in [6.07, 6.45) is 1.51. The quantitative estimate of drug-likeness (QED) is 0.281. The zero-order valence-corrected chi connectivity index (χ0v) is 19.8. The number of amides is 1. The van der Waals surface area contributed by atoms with Gasteiger partial charge in [-0.05, 0) is 65.3 Å². The minimum absolute atomic E-state index is 0.157. The van der Waals surface area contributed by atoms with E-state index in [4.69, 9.17) is 19.6 Å². The van der Waals surface area contributed by atoms with Crippen LogP contribution in [0.2, 0.25) is 0 Å². The average Bonchev–Trinajstić information content (AvgIpc) is 2.83. The van der Waals surface area contributed by atoms with Crippen molar-refractivity contribution in [3.63, 3.8) is 0 Å². The van der Waals surface area contributed by atoms with Gasteiger partial charge in [-0.3, -0.25) is 4.79 Å². The van der Waals surface area contributed by atoms with Crippen molar-refractivity contribution in [2.75, 3.05) is 18.5 Å². The maximum absolute atomic E-state index is 13.0. The molecular formula is C25H21BrFN3O4. The molecule has 7 nitrogen and oxygen atoms in total. The normalized spacial score (nSPS) is 10.5. The molecule has 1 amide bonds. The first kappa shape index (κ1) is 24.7. The molecule has 0 fully saturated rings. The van der Waals surface area contributed by atoms with E-state index >= 15 is 0 Å². The van der Waals surface area contributed by atoms with Gasteiger partial charge in [-0.15, -0.1) is 0 Å². The number of oxime groups is 1. The molecule has 9 heteroatoms. The van der Waals surface area contributed by atoms with Crippen LogP contribution in [0, 0.1) is 17.1 Å². The largest absolute Gasteiger partial charge is 0.490 e. The number of anilines is 1. The van der Waals surface area contributed by atoms with Crippen molar-refractivity contribution in [1.82, 2.24) is 0 Å². The third-order valence-electron chi connectivity index (χ3n) is 4.44. The van der Waals surface area contributed by atoms with Crippen molar-refractivity contribution in [3.8, 4) is 17.6 Å². The number of ether oxygens (including phenoxy) is 2. The van der Waals surface area contributed by atoms with Crippen LogP contribution in [0.5, 0.6) is 11.5 Å². The van der Waals surface area contributed by atoms with Gasteiger partial charge in [0.1, 0.15) is 12.4 Å². The van der Waals surface area contributed by atoms with Gasteiger partial charge in [0.2, 0.25) is 0 Å². The molecule has 0 unspecified atom stereocenters. The van der Waals surface area contributed by atoms with Crippen LogP contribution in [0.4, 0.5) is 10.1 Å². The third-order valence-corrected chi connectivity index (χ3v) is 5.03. The highest BCUT2D eigenvalue weighted by atomic mass is 79.9. The Morgan fingerprint density at radius 2 is 1.94 bits per heavy atom. The number of halogens is 2. The zero-order chi connectivity index (χ0) is 24.3. The lowest BCUT2D eigenvalue weighted by atomic mass is 10.1. The first-order valence-electron chi connectivity index (χ1n) is 10.3. The molecule has 0 heterocycles. The number of carbonyl (C=O) groups excluding carboxylic acids is 1. The number of hydrogen-bond acceptors (Lipinski definition) is 6. The molecule has 3 aromatic rings. The van der Waals surface area contributed by atoms with Crippen molar-refractivity contribution < 1.29 is 23.5 Å². The minimum atomic E-state index is -0.405. The van der Waals surface area contributed by atoms with Gasteiger partial charge in [0.25, 0.3) is 5.91 Å². The van der Waals surface area contributed by atoms with Crippen molar-refractivity contribution in [3.05, 3.63) is 87.6 Å². The van der Waals surface area contributed by atoms with Gasteiger partial charge in [0.05, 0.1) is 28.9 Å². The molecule has 3 aromatic carbocycles. The summed E-state index contributed by atoms with van der Waals surface area (Å²) in [4.78, 5) is 17.5. The number of nitrogens with zero attached hydrogens (tertiary/aromatic N) is 2. The molecule has 0 saturated carbocycles. The molecule has 0 atom stereocenters.